The predicted molar refractivity (Wildman–Crippen MR) is 116 cm³/mol. The number of hydrogen-bond donors (Lipinski definition) is 1. The maximum absolute atomic E-state index is 12.2. The van der Waals surface area contributed by atoms with Gasteiger partial charge in [0.2, 0.25) is 0 Å². The first-order valence-electron chi connectivity index (χ1n) is 8.85. The molecular weight excluding hydrogens is 406 g/mol. The van der Waals surface area contributed by atoms with Gasteiger partial charge in [0.05, 0.1) is 12.1 Å². The van der Waals surface area contributed by atoms with Crippen molar-refractivity contribution in [3.63, 3.8) is 0 Å². The van der Waals surface area contributed by atoms with Crippen molar-refractivity contribution in [1.82, 2.24) is 9.97 Å². The molecule has 2 aromatic carbocycles. The van der Waals surface area contributed by atoms with Crippen LogP contribution in [0.5, 0.6) is 5.75 Å². The second-order valence-corrected chi connectivity index (χ2v) is 7.48. The Morgan fingerprint density at radius 3 is 2.69 bits per heavy atom. The van der Waals surface area contributed by atoms with Crippen molar-refractivity contribution >= 4 is 39.7 Å². The molecule has 0 amide bonds. The first-order valence-corrected chi connectivity index (χ1v) is 10.1. The summed E-state index contributed by atoms with van der Waals surface area (Å²) < 4.78 is 5.46. The van der Waals surface area contributed by atoms with Crippen LogP contribution in [0.15, 0.2) is 78.3 Å². The van der Waals surface area contributed by atoms with E-state index >= 15 is 0 Å². The van der Waals surface area contributed by atoms with Crippen LogP contribution in [0, 0.1) is 0 Å². The fraction of sp³-hybridized carbons (Fsp3) is 0.0455. The van der Waals surface area contributed by atoms with E-state index in [0.29, 0.717) is 10.8 Å². The van der Waals surface area contributed by atoms with Crippen LogP contribution in [-0.4, -0.2) is 15.9 Å². The molecular formula is C22H16ClN3O2S. The van der Waals surface area contributed by atoms with Crippen LogP contribution in [0.1, 0.15) is 5.56 Å². The maximum atomic E-state index is 12.2. The average molecular weight is 422 g/mol. The van der Waals surface area contributed by atoms with Gasteiger partial charge in [0.15, 0.2) is 5.13 Å². The molecule has 4 aromatic rings. The van der Waals surface area contributed by atoms with Gasteiger partial charge in [0.1, 0.15) is 11.4 Å². The Bertz CT molecular complexity index is 1110. The second kappa shape index (κ2) is 8.86. The van der Waals surface area contributed by atoms with Gasteiger partial charge in [0, 0.05) is 28.4 Å². The minimum Gasteiger partial charge on any atom is -0.426 e. The Kier molecular flexibility index (Phi) is 5.84. The highest BCUT2D eigenvalue weighted by atomic mass is 35.5. The number of anilines is 2. The normalized spacial score (nSPS) is 10.5. The zero-order valence-electron chi connectivity index (χ0n) is 15.2. The summed E-state index contributed by atoms with van der Waals surface area (Å²) in [7, 11) is 0. The van der Waals surface area contributed by atoms with E-state index in [1.54, 1.807) is 30.5 Å². The van der Waals surface area contributed by atoms with Crippen molar-refractivity contribution in [2.24, 2.45) is 0 Å². The summed E-state index contributed by atoms with van der Waals surface area (Å²) in [6.45, 7) is 0. The van der Waals surface area contributed by atoms with Gasteiger partial charge in [-0.1, -0.05) is 35.9 Å². The number of benzene rings is 2. The molecule has 7 heteroatoms. The molecule has 0 aliphatic carbocycles. The molecule has 0 unspecified atom stereocenters. The number of pyridine rings is 1. The number of ether oxygens (including phenoxy) is 1. The van der Waals surface area contributed by atoms with Gasteiger partial charge in [-0.15, -0.1) is 11.3 Å². The number of rotatable bonds is 6. The van der Waals surface area contributed by atoms with Gasteiger partial charge < -0.3 is 10.1 Å². The van der Waals surface area contributed by atoms with Gasteiger partial charge in [-0.05, 0) is 42.0 Å². The summed E-state index contributed by atoms with van der Waals surface area (Å²) >= 11 is 7.35. The Morgan fingerprint density at radius 1 is 1.03 bits per heavy atom. The number of nitrogens with zero attached hydrogens (tertiary/aromatic N) is 2. The largest absolute Gasteiger partial charge is 0.426 e. The van der Waals surface area contributed by atoms with Crippen molar-refractivity contribution in [3.05, 3.63) is 88.9 Å². The zero-order valence-corrected chi connectivity index (χ0v) is 16.8. The third-order valence-corrected chi connectivity index (χ3v) is 5.02. The topological polar surface area (TPSA) is 64.1 Å². The lowest BCUT2D eigenvalue weighted by molar-refractivity contribution is -0.133. The summed E-state index contributed by atoms with van der Waals surface area (Å²) in [6, 6.07) is 20.0. The average Bonchev–Trinajstić information content (AvgIpc) is 3.19. The lowest BCUT2D eigenvalue weighted by Crippen LogP contribution is -2.11. The van der Waals surface area contributed by atoms with Gasteiger partial charge in [-0.25, -0.2) is 4.98 Å². The highest BCUT2D eigenvalue weighted by Crippen LogP contribution is 2.27. The Hall–Kier alpha value is -3.22. The lowest BCUT2D eigenvalue weighted by Gasteiger charge is -2.07. The number of esters is 1. The van der Waals surface area contributed by atoms with Crippen molar-refractivity contribution in [2.75, 3.05) is 5.32 Å². The van der Waals surface area contributed by atoms with E-state index in [0.717, 1.165) is 27.8 Å². The number of carbonyl (C=O) groups excluding carboxylic acids is 1. The molecule has 0 bridgehead atoms. The number of carbonyl (C=O) groups is 1. The Morgan fingerprint density at radius 2 is 1.90 bits per heavy atom. The van der Waals surface area contributed by atoms with E-state index in [9.17, 15) is 4.79 Å². The molecule has 4 rings (SSSR count). The highest BCUT2D eigenvalue weighted by Gasteiger charge is 2.09. The van der Waals surface area contributed by atoms with Gasteiger partial charge >= 0.3 is 5.97 Å². The maximum Gasteiger partial charge on any atom is 0.315 e. The van der Waals surface area contributed by atoms with Gasteiger partial charge in [0.25, 0.3) is 0 Å². The minimum atomic E-state index is -0.337. The van der Waals surface area contributed by atoms with Gasteiger partial charge in [-0.2, -0.15) is 0 Å². The van der Waals surface area contributed by atoms with Crippen LogP contribution in [0.2, 0.25) is 5.02 Å². The van der Waals surface area contributed by atoms with E-state index in [4.69, 9.17) is 16.3 Å². The molecule has 5 nitrogen and oxygen atoms in total. The van der Waals surface area contributed by atoms with Crippen molar-refractivity contribution < 1.29 is 9.53 Å². The number of aromatic nitrogens is 2. The Labute approximate surface area is 177 Å². The molecule has 29 heavy (non-hydrogen) atoms. The van der Waals surface area contributed by atoms with E-state index in [1.807, 2.05) is 47.8 Å². The van der Waals surface area contributed by atoms with Crippen LogP contribution in [0.25, 0.3) is 11.4 Å². The minimum absolute atomic E-state index is 0.175. The van der Waals surface area contributed by atoms with Crippen molar-refractivity contribution in [2.45, 2.75) is 6.42 Å². The number of hydrogen-bond acceptors (Lipinski definition) is 6. The highest BCUT2D eigenvalue weighted by molar-refractivity contribution is 7.14. The second-order valence-electron chi connectivity index (χ2n) is 6.18. The molecule has 2 heterocycles. The summed E-state index contributed by atoms with van der Waals surface area (Å²) in [4.78, 5) is 21.1. The van der Waals surface area contributed by atoms with Gasteiger partial charge in [-0.3, -0.25) is 9.78 Å². The van der Waals surface area contributed by atoms with Crippen LogP contribution < -0.4 is 10.1 Å². The molecule has 2 aromatic heterocycles. The fourth-order valence-electron chi connectivity index (χ4n) is 2.66. The predicted octanol–water partition coefficient (Wildman–Crippen LogP) is 5.75. The monoisotopic (exact) mass is 421 g/mol. The van der Waals surface area contributed by atoms with Crippen LogP contribution in [0.3, 0.4) is 0 Å². The van der Waals surface area contributed by atoms with E-state index in [2.05, 4.69) is 15.3 Å². The van der Waals surface area contributed by atoms with E-state index in [-0.39, 0.29) is 12.4 Å². The van der Waals surface area contributed by atoms with E-state index in [1.165, 1.54) is 11.3 Å². The lowest BCUT2D eigenvalue weighted by atomic mass is 10.1. The van der Waals surface area contributed by atoms with Crippen LogP contribution in [-0.2, 0) is 11.2 Å². The third-order valence-electron chi connectivity index (χ3n) is 4.01. The Balaban J connectivity index is 1.40. The molecule has 144 valence electrons. The summed E-state index contributed by atoms with van der Waals surface area (Å²) in [5.74, 6) is 0.131. The fourth-order valence-corrected chi connectivity index (χ4v) is 3.51. The molecule has 0 saturated carbocycles. The molecule has 0 atom stereocenters. The summed E-state index contributed by atoms with van der Waals surface area (Å²) in [5.41, 5.74) is 3.26. The molecule has 0 spiro atoms. The van der Waals surface area contributed by atoms with Crippen molar-refractivity contribution in [3.8, 4) is 17.1 Å². The number of nitrogens with one attached hydrogen (secondary N) is 1. The van der Waals surface area contributed by atoms with Crippen LogP contribution >= 0.6 is 22.9 Å². The molecule has 0 fully saturated rings. The SMILES string of the molecule is O=C(Cc1ccc(Cl)cc1)Oc1cccc(Nc2nc(-c3ccccn3)cs2)c1. The van der Waals surface area contributed by atoms with E-state index < -0.39 is 0 Å². The molecule has 0 saturated heterocycles. The number of halogens is 1. The molecule has 1 N–H and O–H groups in total. The summed E-state index contributed by atoms with van der Waals surface area (Å²) in [6.07, 6.45) is 1.92. The first-order chi connectivity index (χ1) is 14.2. The smallest absolute Gasteiger partial charge is 0.315 e. The first kappa shape index (κ1) is 19.1. The standard InChI is InChI=1S/C22H16ClN3O2S/c23-16-9-7-15(8-10-16)12-21(27)28-18-5-3-4-17(13-18)25-22-26-20(14-29-22)19-6-1-2-11-24-19/h1-11,13-14H,12H2,(H,25,26). The molecule has 0 radical (unpaired) electrons. The molecule has 0 aliphatic heterocycles. The molecule has 0 aliphatic rings. The third kappa shape index (κ3) is 5.19. The number of thiazole rings is 1. The zero-order chi connectivity index (χ0) is 20.1. The quantitative estimate of drug-likeness (QED) is 0.317. The summed E-state index contributed by atoms with van der Waals surface area (Å²) in [5, 5.41) is 6.55. The van der Waals surface area contributed by atoms with Crippen LogP contribution in [0.4, 0.5) is 10.8 Å². The van der Waals surface area contributed by atoms with Crippen molar-refractivity contribution in [1.29, 1.82) is 0 Å².